The number of carbonyl (C=O) groups excluding carboxylic acids is 2. The Morgan fingerprint density at radius 2 is 1.16 bits per heavy atom. The first-order chi connectivity index (χ1) is 12.2. The summed E-state index contributed by atoms with van der Waals surface area (Å²) in [5, 5.41) is 0. The number of hydrogen-bond acceptors (Lipinski definition) is 4. The quantitative estimate of drug-likeness (QED) is 0.178. The summed E-state index contributed by atoms with van der Waals surface area (Å²) >= 11 is 0. The third-order valence-electron chi connectivity index (χ3n) is 4.63. The number of hydrogen-bond donors (Lipinski definition) is 0. The van der Waals surface area contributed by atoms with E-state index in [1.54, 1.807) is 0 Å². The molecule has 0 fully saturated rings. The molecule has 0 N–H and O–H groups in total. The van der Waals surface area contributed by atoms with E-state index >= 15 is 0 Å². The third-order valence-corrected chi connectivity index (χ3v) is 4.63. The van der Waals surface area contributed by atoms with Crippen molar-refractivity contribution >= 4 is 11.9 Å². The van der Waals surface area contributed by atoms with Crippen molar-refractivity contribution in [3.63, 3.8) is 0 Å². The van der Waals surface area contributed by atoms with Crippen LogP contribution in [0.15, 0.2) is 12.0 Å². The van der Waals surface area contributed by atoms with E-state index in [0.717, 1.165) is 19.3 Å². The van der Waals surface area contributed by atoms with Crippen molar-refractivity contribution < 1.29 is 19.1 Å². The monoisotopic (exact) mass is 352 g/mol. The fraction of sp³-hybridized carbons (Fsp3) is 0.810. The molecular formula is C21H36O4. The van der Waals surface area contributed by atoms with Crippen LogP contribution in [-0.4, -0.2) is 11.9 Å². The second-order valence-corrected chi connectivity index (χ2v) is 7.06. The standard InChI is InChI=1S/C21H36O4/c1-2-3-4-5-6-7-8-9-10-11-12-13-14-15-16-17-20(22)25-21(23)19-18-24-19/h18H,2-17H2,1H3. The minimum Gasteiger partial charge on any atom is -0.450 e. The van der Waals surface area contributed by atoms with Crippen LogP contribution in [0.2, 0.25) is 0 Å². The summed E-state index contributed by atoms with van der Waals surface area (Å²) in [6.07, 6.45) is 21.0. The summed E-state index contributed by atoms with van der Waals surface area (Å²) in [6, 6.07) is 0. The Kier molecular flexibility index (Phi) is 13.0. The van der Waals surface area contributed by atoms with E-state index in [-0.39, 0.29) is 5.76 Å². The molecule has 0 radical (unpaired) electrons. The predicted molar refractivity (Wildman–Crippen MR) is 99.8 cm³/mol. The largest absolute Gasteiger partial charge is 0.450 e. The highest BCUT2D eigenvalue weighted by atomic mass is 16.6. The third kappa shape index (κ3) is 13.6. The molecule has 1 aliphatic heterocycles. The molecular weight excluding hydrogens is 316 g/mol. The smallest absolute Gasteiger partial charge is 0.385 e. The zero-order valence-electron chi connectivity index (χ0n) is 16.0. The molecule has 0 atom stereocenters. The molecule has 4 heteroatoms. The molecule has 0 amide bonds. The molecule has 25 heavy (non-hydrogen) atoms. The predicted octanol–water partition coefficient (Wildman–Crippen LogP) is 6.19. The van der Waals surface area contributed by atoms with Gasteiger partial charge < -0.3 is 9.47 Å². The summed E-state index contributed by atoms with van der Waals surface area (Å²) in [5.74, 6) is -0.966. The molecule has 144 valence electrons. The Hall–Kier alpha value is -1.32. The van der Waals surface area contributed by atoms with Crippen LogP contribution in [0.4, 0.5) is 0 Å². The Labute approximate surface area is 153 Å². The Bertz CT molecular complexity index is 401. The van der Waals surface area contributed by atoms with Gasteiger partial charge in [-0.05, 0) is 6.42 Å². The minimum atomic E-state index is -0.661. The first kappa shape index (κ1) is 21.7. The SMILES string of the molecule is CCCCCCCCCCCCCCCCCC(=O)OC(=O)C1=CO1. The summed E-state index contributed by atoms with van der Waals surface area (Å²) in [4.78, 5) is 22.5. The van der Waals surface area contributed by atoms with Crippen molar-refractivity contribution in [1.29, 1.82) is 0 Å². The van der Waals surface area contributed by atoms with Gasteiger partial charge in [0.15, 0.2) is 0 Å². The molecule has 1 rings (SSSR count). The van der Waals surface area contributed by atoms with Gasteiger partial charge in [-0.3, -0.25) is 4.79 Å². The van der Waals surface area contributed by atoms with Crippen LogP contribution >= 0.6 is 0 Å². The molecule has 0 bridgehead atoms. The highest BCUT2D eigenvalue weighted by molar-refractivity contribution is 5.96. The molecule has 0 aromatic heterocycles. The average molecular weight is 353 g/mol. The fourth-order valence-electron chi connectivity index (χ4n) is 2.97. The lowest BCUT2D eigenvalue weighted by Crippen LogP contribution is -2.11. The van der Waals surface area contributed by atoms with Crippen LogP contribution in [0.1, 0.15) is 110 Å². The number of unbranched alkanes of at least 4 members (excludes halogenated alkanes) is 14. The summed E-state index contributed by atoms with van der Waals surface area (Å²) in [6.45, 7) is 2.26. The van der Waals surface area contributed by atoms with Gasteiger partial charge in [0.25, 0.3) is 0 Å². The van der Waals surface area contributed by atoms with Gasteiger partial charge in [0, 0.05) is 6.42 Å². The first-order valence-electron chi connectivity index (χ1n) is 10.4. The van der Waals surface area contributed by atoms with Gasteiger partial charge in [-0.1, -0.05) is 96.8 Å². The van der Waals surface area contributed by atoms with Gasteiger partial charge in [-0.2, -0.15) is 0 Å². The normalized spacial score (nSPS) is 12.4. The van der Waals surface area contributed by atoms with Gasteiger partial charge in [0.1, 0.15) is 6.26 Å². The maximum atomic E-state index is 11.4. The van der Waals surface area contributed by atoms with Crippen LogP contribution in [0, 0.1) is 0 Å². The summed E-state index contributed by atoms with van der Waals surface area (Å²) in [7, 11) is 0. The molecule has 0 aromatic carbocycles. The molecule has 0 aliphatic carbocycles. The van der Waals surface area contributed by atoms with Crippen LogP contribution in [-0.2, 0) is 19.1 Å². The lowest BCUT2D eigenvalue weighted by Gasteiger charge is -2.03. The molecule has 1 aliphatic rings. The van der Waals surface area contributed by atoms with Crippen molar-refractivity contribution in [2.24, 2.45) is 0 Å². The minimum absolute atomic E-state index is 0.143. The maximum absolute atomic E-state index is 11.4. The highest BCUT2D eigenvalue weighted by Crippen LogP contribution is 2.16. The van der Waals surface area contributed by atoms with Crippen LogP contribution in [0.25, 0.3) is 0 Å². The van der Waals surface area contributed by atoms with Crippen molar-refractivity contribution in [2.75, 3.05) is 0 Å². The molecule has 0 saturated carbocycles. The van der Waals surface area contributed by atoms with Gasteiger partial charge in [-0.25, -0.2) is 4.79 Å². The van der Waals surface area contributed by atoms with Gasteiger partial charge in [0.2, 0.25) is 5.76 Å². The van der Waals surface area contributed by atoms with Crippen molar-refractivity contribution in [1.82, 2.24) is 0 Å². The Morgan fingerprint density at radius 1 is 0.760 bits per heavy atom. The van der Waals surface area contributed by atoms with Crippen molar-refractivity contribution in [3.05, 3.63) is 12.0 Å². The Morgan fingerprint density at radius 3 is 1.56 bits per heavy atom. The van der Waals surface area contributed by atoms with Crippen LogP contribution in [0.5, 0.6) is 0 Å². The topological polar surface area (TPSA) is 55.9 Å². The zero-order chi connectivity index (χ0) is 18.2. The van der Waals surface area contributed by atoms with Crippen LogP contribution < -0.4 is 0 Å². The second-order valence-electron chi connectivity index (χ2n) is 7.06. The molecule has 0 saturated heterocycles. The Balaban J connectivity index is 1.72. The molecule has 0 aromatic rings. The maximum Gasteiger partial charge on any atom is 0.385 e. The lowest BCUT2D eigenvalue weighted by molar-refractivity contribution is -0.157. The van der Waals surface area contributed by atoms with Crippen molar-refractivity contribution in [3.8, 4) is 0 Å². The zero-order valence-corrected chi connectivity index (χ0v) is 16.0. The van der Waals surface area contributed by atoms with E-state index in [1.165, 1.54) is 83.3 Å². The first-order valence-corrected chi connectivity index (χ1v) is 10.4. The molecule has 0 spiro atoms. The van der Waals surface area contributed by atoms with E-state index in [1.807, 2.05) is 0 Å². The lowest BCUT2D eigenvalue weighted by atomic mass is 10.0. The summed E-state index contributed by atoms with van der Waals surface area (Å²) in [5.41, 5.74) is 0. The number of rotatable bonds is 17. The van der Waals surface area contributed by atoms with Gasteiger partial charge in [0.05, 0.1) is 0 Å². The number of carbonyl (C=O) groups is 2. The van der Waals surface area contributed by atoms with E-state index in [0.29, 0.717) is 6.42 Å². The number of ether oxygens (including phenoxy) is 2. The molecule has 4 nitrogen and oxygen atoms in total. The van der Waals surface area contributed by atoms with E-state index in [2.05, 4.69) is 16.4 Å². The average Bonchev–Trinajstić information content (AvgIpc) is 3.43. The summed E-state index contributed by atoms with van der Waals surface area (Å²) < 4.78 is 9.19. The van der Waals surface area contributed by atoms with Gasteiger partial charge >= 0.3 is 11.9 Å². The fourth-order valence-corrected chi connectivity index (χ4v) is 2.97. The van der Waals surface area contributed by atoms with Crippen molar-refractivity contribution in [2.45, 2.75) is 110 Å². The number of esters is 2. The van der Waals surface area contributed by atoms with Crippen LogP contribution in [0.3, 0.4) is 0 Å². The van der Waals surface area contributed by atoms with E-state index < -0.39 is 11.9 Å². The van der Waals surface area contributed by atoms with E-state index in [9.17, 15) is 9.59 Å². The second kappa shape index (κ2) is 15.0. The van der Waals surface area contributed by atoms with E-state index in [4.69, 9.17) is 0 Å². The molecule has 0 unspecified atom stereocenters. The van der Waals surface area contributed by atoms with Gasteiger partial charge in [-0.15, -0.1) is 0 Å². The molecule has 1 heterocycles. The highest BCUT2D eigenvalue weighted by Gasteiger charge is 2.24.